The highest BCUT2D eigenvalue weighted by Crippen LogP contribution is 2.53. The number of fused-ring (bicyclic) bond motifs is 7. The first-order valence-corrected chi connectivity index (χ1v) is 26.8. The van der Waals surface area contributed by atoms with E-state index in [0.717, 1.165) is 36.6 Å². The van der Waals surface area contributed by atoms with Gasteiger partial charge >= 0.3 is 5.97 Å². The second kappa shape index (κ2) is 23.2. The average molecular weight is 1090 g/mol. The number of pyridine rings is 1. The summed E-state index contributed by atoms with van der Waals surface area (Å²) in [5, 5.41) is 4.43. The standard InChI is InChI=1S/C56H59Cl2FN8O8S/c1-32-45-33(2)49(58)50(48(32)57)73-41(27-67-19-17-66(6)18-20-67)30-71-39-12-13-42(72-28-38-15-16-60-52(65-38)35-9-14-44(61-25-35)62-26-40-29-69-21-22-70-40)36(23-39)24-43(55(68)75-56(3,4)5)74-53-47-46(45)51(76-54(47)64-31-63-53)34-7-10-37(59)11-8-34/h7-16,23,25,31,40-41,43H,17-22,24,26-30H2,1-6H3,(H,61,62)/t40-,41+,43+/m0/s1. The van der Waals surface area contributed by atoms with Crippen molar-refractivity contribution in [3.63, 3.8) is 0 Å². The van der Waals surface area contributed by atoms with Gasteiger partial charge in [-0.25, -0.2) is 34.1 Å². The van der Waals surface area contributed by atoms with Crippen LogP contribution in [0.1, 0.15) is 43.2 Å². The molecule has 4 aliphatic heterocycles. The Morgan fingerprint density at radius 3 is 2.38 bits per heavy atom. The van der Waals surface area contributed by atoms with Crippen LogP contribution in [-0.2, 0) is 32.0 Å². The third-order valence-corrected chi connectivity index (χ3v) is 15.3. The van der Waals surface area contributed by atoms with Gasteiger partial charge in [0, 0.05) is 79.7 Å². The van der Waals surface area contributed by atoms with Crippen LogP contribution in [0, 0.1) is 19.7 Å². The van der Waals surface area contributed by atoms with Gasteiger partial charge in [0.15, 0.2) is 11.6 Å². The maximum atomic E-state index is 14.6. The number of nitrogens with one attached hydrogen (secondary N) is 1. The van der Waals surface area contributed by atoms with E-state index in [4.69, 9.17) is 71.3 Å². The highest BCUT2D eigenvalue weighted by molar-refractivity contribution is 7.22. The average Bonchev–Trinajstić information content (AvgIpc) is 3.84. The highest BCUT2D eigenvalue weighted by Gasteiger charge is 2.34. The van der Waals surface area contributed by atoms with E-state index in [1.54, 1.807) is 57.4 Å². The van der Waals surface area contributed by atoms with E-state index in [0.29, 0.717) is 121 Å². The molecule has 3 aromatic carbocycles. The van der Waals surface area contributed by atoms with Crippen LogP contribution in [0.15, 0.2) is 79.4 Å². The van der Waals surface area contributed by atoms with E-state index in [-0.39, 0.29) is 37.4 Å². The molecule has 76 heavy (non-hydrogen) atoms. The molecule has 20 heteroatoms. The first kappa shape index (κ1) is 53.2. The molecule has 4 aromatic heterocycles. The summed E-state index contributed by atoms with van der Waals surface area (Å²) >= 11 is 16.2. The van der Waals surface area contributed by atoms with Crippen LogP contribution in [0.25, 0.3) is 43.2 Å². The number of carbonyl (C=O) groups excluding carboxylic acids is 1. The number of nitrogens with zero attached hydrogens (tertiary/aromatic N) is 7. The van der Waals surface area contributed by atoms with Gasteiger partial charge in [-0.1, -0.05) is 35.3 Å². The maximum absolute atomic E-state index is 14.6. The van der Waals surface area contributed by atoms with Crippen LogP contribution in [0.3, 0.4) is 0 Å². The SMILES string of the molecule is Cc1c(Cl)c2c(Cl)c(C)c1-c1c(-c3ccc(F)cc3)sc3ncnc(c13)O[C@@H](C(=O)OC(C)(C)C)Cc1cc(ccc1OCc1ccnc(-c3ccc(NC[C@H]4COCCO4)nc3)n1)OC[C@@H](CN1CCN(C)CC1)O2. The van der Waals surface area contributed by atoms with Crippen molar-refractivity contribution in [1.29, 1.82) is 0 Å². The molecule has 16 nitrogen and oxygen atoms in total. The molecule has 2 fully saturated rings. The maximum Gasteiger partial charge on any atom is 0.348 e. The number of aromatic nitrogens is 5. The zero-order valence-corrected chi connectivity index (χ0v) is 45.5. The zero-order chi connectivity index (χ0) is 53.1. The van der Waals surface area contributed by atoms with Gasteiger partial charge in [-0.2, -0.15) is 0 Å². The van der Waals surface area contributed by atoms with Crippen molar-refractivity contribution in [2.24, 2.45) is 0 Å². The number of hydrogen-bond donors (Lipinski definition) is 1. The molecule has 4 aliphatic rings. The fraction of sp³-hybridized carbons (Fsp3) is 0.393. The molecule has 4 bridgehead atoms. The molecule has 0 saturated carbocycles. The Morgan fingerprint density at radius 1 is 0.882 bits per heavy atom. The molecule has 11 rings (SSSR count). The summed E-state index contributed by atoms with van der Waals surface area (Å²) in [5.41, 5.74) is 4.41. The third-order valence-electron chi connectivity index (χ3n) is 13.3. The predicted octanol–water partition coefficient (Wildman–Crippen LogP) is 10.1. The van der Waals surface area contributed by atoms with Crippen LogP contribution in [0.2, 0.25) is 10.0 Å². The van der Waals surface area contributed by atoms with Crippen LogP contribution >= 0.6 is 34.5 Å². The summed E-state index contributed by atoms with van der Waals surface area (Å²) < 4.78 is 58.9. The number of benzene rings is 3. The predicted molar refractivity (Wildman–Crippen MR) is 291 cm³/mol. The molecule has 8 heterocycles. The van der Waals surface area contributed by atoms with E-state index < -0.39 is 23.8 Å². The number of rotatable bonds is 11. The lowest BCUT2D eigenvalue weighted by Gasteiger charge is -2.35. The van der Waals surface area contributed by atoms with Gasteiger partial charge in [0.05, 0.1) is 47.1 Å². The first-order chi connectivity index (χ1) is 36.6. The monoisotopic (exact) mass is 1090 g/mol. The van der Waals surface area contributed by atoms with E-state index in [1.165, 1.54) is 29.8 Å². The van der Waals surface area contributed by atoms with Gasteiger partial charge in [0.25, 0.3) is 0 Å². The lowest BCUT2D eigenvalue weighted by molar-refractivity contribution is -0.163. The largest absolute Gasteiger partial charge is 0.490 e. The number of esters is 1. The topological polar surface area (TPSA) is 165 Å². The quantitative estimate of drug-likeness (QED) is 0.122. The molecule has 0 aliphatic carbocycles. The van der Waals surface area contributed by atoms with E-state index in [9.17, 15) is 9.18 Å². The smallest absolute Gasteiger partial charge is 0.348 e. The number of likely N-dealkylation sites (N-methyl/N-ethyl adjacent to an activating group) is 1. The fourth-order valence-corrected chi connectivity index (χ4v) is 11.0. The number of thiophene rings is 1. The van der Waals surface area contributed by atoms with Gasteiger partial charge in [0.1, 0.15) is 59.2 Å². The van der Waals surface area contributed by atoms with Crippen LogP contribution in [0.4, 0.5) is 10.2 Å². The second-order valence-corrected chi connectivity index (χ2v) is 21.8. The molecule has 0 unspecified atom stereocenters. The Bertz CT molecular complexity index is 3180. The first-order valence-electron chi connectivity index (χ1n) is 25.2. The number of piperazine rings is 1. The third kappa shape index (κ3) is 12.3. The Hall–Kier alpha value is -6.25. The molecule has 398 valence electrons. The normalized spacial score (nSPS) is 18.6. The molecule has 0 radical (unpaired) electrons. The van der Waals surface area contributed by atoms with Gasteiger partial charge in [0.2, 0.25) is 12.0 Å². The van der Waals surface area contributed by atoms with E-state index in [1.807, 2.05) is 38.1 Å². The highest BCUT2D eigenvalue weighted by atomic mass is 35.5. The Morgan fingerprint density at radius 2 is 1.66 bits per heavy atom. The lowest BCUT2D eigenvalue weighted by atomic mass is 9.92. The van der Waals surface area contributed by atoms with Gasteiger partial charge in [-0.3, -0.25) is 4.90 Å². The minimum atomic E-state index is -1.28. The van der Waals surface area contributed by atoms with Crippen LogP contribution in [0.5, 0.6) is 23.1 Å². The summed E-state index contributed by atoms with van der Waals surface area (Å²) in [6.07, 6.45) is 2.88. The molecule has 0 amide bonds. The molecule has 7 aromatic rings. The molecule has 3 atom stereocenters. The molecular formula is C56H59Cl2FN8O8S. The number of carbonyl (C=O) groups is 1. The molecule has 0 spiro atoms. The lowest BCUT2D eigenvalue weighted by Crippen LogP contribution is -2.49. The zero-order valence-electron chi connectivity index (χ0n) is 43.2. The Labute approximate surface area is 454 Å². The van der Waals surface area contributed by atoms with Crippen molar-refractivity contribution in [3.8, 4) is 56.1 Å². The minimum absolute atomic E-state index is 0.0382. The van der Waals surface area contributed by atoms with Crippen molar-refractivity contribution >= 4 is 56.5 Å². The fourth-order valence-electron chi connectivity index (χ4n) is 9.35. The van der Waals surface area contributed by atoms with E-state index in [2.05, 4.69) is 32.1 Å². The minimum Gasteiger partial charge on any atom is -0.490 e. The van der Waals surface area contributed by atoms with Crippen LogP contribution < -0.4 is 24.3 Å². The summed E-state index contributed by atoms with van der Waals surface area (Å²) in [7, 11) is 2.11. The Kier molecular flexibility index (Phi) is 16.2. The number of anilines is 1. The van der Waals surface area contributed by atoms with Crippen molar-refractivity contribution in [1.82, 2.24) is 34.7 Å². The molecule has 1 N–H and O–H groups in total. The number of halogens is 3. The second-order valence-electron chi connectivity index (χ2n) is 20.1. The summed E-state index contributed by atoms with van der Waals surface area (Å²) in [6.45, 7) is 15.6. The number of ether oxygens (including phenoxy) is 7. The van der Waals surface area contributed by atoms with Gasteiger partial charge < -0.3 is 43.4 Å². The van der Waals surface area contributed by atoms with Gasteiger partial charge in [-0.15, -0.1) is 11.3 Å². The number of hydrogen-bond acceptors (Lipinski definition) is 17. The Balaban J connectivity index is 1.04. The van der Waals surface area contributed by atoms with Crippen molar-refractivity contribution in [2.75, 3.05) is 78.1 Å². The summed E-state index contributed by atoms with van der Waals surface area (Å²) in [5.74, 6) is 1.51. The van der Waals surface area contributed by atoms with Crippen molar-refractivity contribution in [2.45, 2.75) is 71.6 Å². The molecular weight excluding hydrogens is 1030 g/mol. The van der Waals surface area contributed by atoms with E-state index >= 15 is 0 Å². The summed E-state index contributed by atoms with van der Waals surface area (Å²) in [6, 6.07) is 17.2. The van der Waals surface area contributed by atoms with Crippen molar-refractivity contribution in [3.05, 3.63) is 118 Å². The summed E-state index contributed by atoms with van der Waals surface area (Å²) in [4.78, 5) is 43.9. The van der Waals surface area contributed by atoms with Gasteiger partial charge in [-0.05, 0) is 112 Å². The van der Waals surface area contributed by atoms with Crippen LogP contribution in [-0.4, -0.2) is 137 Å². The van der Waals surface area contributed by atoms with Crippen molar-refractivity contribution < 1.29 is 42.3 Å². The molecule has 2 saturated heterocycles.